The number of amides is 1. The van der Waals surface area contributed by atoms with Gasteiger partial charge in [-0.2, -0.15) is 0 Å². The van der Waals surface area contributed by atoms with Crippen molar-refractivity contribution in [3.8, 4) is 11.4 Å². The number of carbonyl (C=O) groups is 1. The summed E-state index contributed by atoms with van der Waals surface area (Å²) in [7, 11) is 0. The molecule has 2 aromatic heterocycles. The van der Waals surface area contributed by atoms with E-state index in [9.17, 15) is 4.79 Å². The topological polar surface area (TPSA) is 111 Å². The summed E-state index contributed by atoms with van der Waals surface area (Å²) in [4.78, 5) is 10.8. The molecule has 0 aliphatic heterocycles. The average molecular weight is 179 g/mol. The second kappa shape index (κ2) is 2.70. The molecule has 0 radical (unpaired) electrons. The number of carbonyl (C=O) groups excluding carboxylic acids is 1. The van der Waals surface area contributed by atoms with E-state index >= 15 is 0 Å². The van der Waals surface area contributed by atoms with Crippen LogP contribution in [0.1, 0.15) is 10.6 Å². The number of nitrogens with two attached hydrogens (primary N) is 1. The molecule has 2 heterocycles. The lowest BCUT2D eigenvalue weighted by Gasteiger charge is -1.91. The molecule has 66 valence electrons. The summed E-state index contributed by atoms with van der Waals surface area (Å²) in [5.74, 6) is -0.266. The summed E-state index contributed by atoms with van der Waals surface area (Å²) >= 11 is 0. The summed E-state index contributed by atoms with van der Waals surface area (Å²) in [5, 5.41) is 12.8. The molecule has 0 saturated carbocycles. The Morgan fingerprint density at radius 2 is 2.46 bits per heavy atom. The SMILES string of the molecule is NC(=O)c1occc1-c1nnn[nH]1. The first kappa shape index (κ1) is 7.47. The van der Waals surface area contributed by atoms with Crippen LogP contribution in [0.5, 0.6) is 0 Å². The number of nitrogens with zero attached hydrogens (tertiary/aromatic N) is 3. The Kier molecular flexibility index (Phi) is 1.55. The number of rotatable bonds is 2. The van der Waals surface area contributed by atoms with Gasteiger partial charge in [0.25, 0.3) is 5.91 Å². The van der Waals surface area contributed by atoms with Gasteiger partial charge >= 0.3 is 0 Å². The van der Waals surface area contributed by atoms with Crippen LogP contribution in [0.2, 0.25) is 0 Å². The molecule has 3 N–H and O–H groups in total. The molecule has 0 aromatic carbocycles. The summed E-state index contributed by atoms with van der Waals surface area (Å²) in [6, 6.07) is 1.56. The molecular formula is C6H5N5O2. The molecule has 1 amide bonds. The fourth-order valence-electron chi connectivity index (χ4n) is 0.960. The van der Waals surface area contributed by atoms with Gasteiger partial charge < -0.3 is 10.2 Å². The predicted molar refractivity (Wildman–Crippen MR) is 40.4 cm³/mol. The van der Waals surface area contributed by atoms with Gasteiger partial charge in [-0.25, -0.2) is 5.10 Å². The number of H-pyrrole nitrogens is 1. The van der Waals surface area contributed by atoms with Gasteiger partial charge in [-0.3, -0.25) is 4.79 Å². The third kappa shape index (κ3) is 1.15. The third-order valence-corrected chi connectivity index (χ3v) is 1.49. The van der Waals surface area contributed by atoms with Crippen LogP contribution in [-0.2, 0) is 0 Å². The fourth-order valence-corrected chi connectivity index (χ4v) is 0.960. The van der Waals surface area contributed by atoms with Crippen LogP contribution in [-0.4, -0.2) is 26.5 Å². The van der Waals surface area contributed by atoms with Crippen LogP contribution in [0.4, 0.5) is 0 Å². The second-order valence-electron chi connectivity index (χ2n) is 2.28. The van der Waals surface area contributed by atoms with Crippen LogP contribution >= 0.6 is 0 Å². The number of aromatic amines is 1. The van der Waals surface area contributed by atoms with Gasteiger partial charge in [0.15, 0.2) is 5.82 Å². The fraction of sp³-hybridized carbons (Fsp3) is 0. The molecule has 0 atom stereocenters. The van der Waals surface area contributed by atoms with E-state index in [0.717, 1.165) is 0 Å². The van der Waals surface area contributed by atoms with E-state index in [1.54, 1.807) is 6.07 Å². The third-order valence-electron chi connectivity index (χ3n) is 1.49. The van der Waals surface area contributed by atoms with Crippen molar-refractivity contribution in [1.82, 2.24) is 20.6 Å². The molecule has 13 heavy (non-hydrogen) atoms. The minimum atomic E-state index is -0.656. The maximum atomic E-state index is 10.8. The van der Waals surface area contributed by atoms with Crippen LogP contribution in [0.25, 0.3) is 11.4 Å². The zero-order chi connectivity index (χ0) is 9.26. The zero-order valence-electron chi connectivity index (χ0n) is 6.39. The van der Waals surface area contributed by atoms with E-state index in [-0.39, 0.29) is 5.76 Å². The van der Waals surface area contributed by atoms with Crippen molar-refractivity contribution in [1.29, 1.82) is 0 Å². The van der Waals surface area contributed by atoms with Gasteiger partial charge in [0.05, 0.1) is 11.8 Å². The van der Waals surface area contributed by atoms with E-state index in [1.165, 1.54) is 6.26 Å². The predicted octanol–water partition coefficient (Wildman–Crippen LogP) is -0.441. The first-order valence-electron chi connectivity index (χ1n) is 3.40. The van der Waals surface area contributed by atoms with Crippen LogP contribution < -0.4 is 5.73 Å². The monoisotopic (exact) mass is 179 g/mol. The van der Waals surface area contributed by atoms with Crippen molar-refractivity contribution in [2.75, 3.05) is 0 Å². The van der Waals surface area contributed by atoms with Crippen molar-refractivity contribution in [2.24, 2.45) is 5.73 Å². The van der Waals surface area contributed by atoms with E-state index in [1.807, 2.05) is 0 Å². The Labute approximate surface area is 71.9 Å². The Hall–Kier alpha value is -2.18. The number of furan rings is 1. The summed E-state index contributed by atoms with van der Waals surface area (Å²) in [6.45, 7) is 0. The Morgan fingerprint density at radius 3 is 3.08 bits per heavy atom. The van der Waals surface area contributed by atoms with Crippen molar-refractivity contribution in [2.45, 2.75) is 0 Å². The Bertz CT molecular complexity index is 418. The van der Waals surface area contributed by atoms with Crippen molar-refractivity contribution >= 4 is 5.91 Å². The van der Waals surface area contributed by atoms with Crippen LogP contribution in [0, 0.1) is 0 Å². The van der Waals surface area contributed by atoms with Gasteiger partial charge in [0, 0.05) is 0 Å². The Morgan fingerprint density at radius 1 is 1.62 bits per heavy atom. The van der Waals surface area contributed by atoms with Gasteiger partial charge in [-0.05, 0) is 16.5 Å². The molecular weight excluding hydrogens is 174 g/mol. The quantitative estimate of drug-likeness (QED) is 0.649. The number of nitrogens with one attached hydrogen (secondary N) is 1. The molecule has 2 rings (SSSR count). The lowest BCUT2D eigenvalue weighted by atomic mass is 10.2. The number of tetrazole rings is 1. The van der Waals surface area contributed by atoms with Gasteiger partial charge in [-0.1, -0.05) is 0 Å². The summed E-state index contributed by atoms with van der Waals surface area (Å²) < 4.78 is 4.86. The minimum absolute atomic E-state index is 0.0403. The highest BCUT2D eigenvalue weighted by molar-refractivity contribution is 5.96. The molecule has 0 unspecified atom stereocenters. The van der Waals surface area contributed by atoms with Gasteiger partial charge in [-0.15, -0.1) is 5.10 Å². The molecule has 7 nitrogen and oxygen atoms in total. The number of hydrogen-bond donors (Lipinski definition) is 2. The van der Waals surface area contributed by atoms with Crippen molar-refractivity contribution in [3.63, 3.8) is 0 Å². The average Bonchev–Trinajstić information content (AvgIpc) is 2.74. The minimum Gasteiger partial charge on any atom is -0.458 e. The lowest BCUT2D eigenvalue weighted by Crippen LogP contribution is -2.10. The largest absolute Gasteiger partial charge is 0.458 e. The molecule has 7 heteroatoms. The van der Waals surface area contributed by atoms with Crippen molar-refractivity contribution in [3.05, 3.63) is 18.1 Å². The molecule has 2 aromatic rings. The highest BCUT2D eigenvalue weighted by atomic mass is 16.3. The molecule has 0 aliphatic carbocycles. The normalized spacial score (nSPS) is 10.2. The van der Waals surface area contributed by atoms with Crippen LogP contribution in [0.15, 0.2) is 16.7 Å². The summed E-state index contributed by atoms with van der Waals surface area (Å²) in [5.41, 5.74) is 5.51. The van der Waals surface area contributed by atoms with Crippen LogP contribution in [0.3, 0.4) is 0 Å². The summed E-state index contributed by atoms with van der Waals surface area (Å²) in [6.07, 6.45) is 1.35. The molecule has 0 fully saturated rings. The van der Waals surface area contributed by atoms with Gasteiger partial charge in [0.1, 0.15) is 0 Å². The molecule has 0 aliphatic rings. The van der Waals surface area contributed by atoms with E-state index in [4.69, 9.17) is 10.2 Å². The number of primary amides is 1. The van der Waals surface area contributed by atoms with Gasteiger partial charge in [0.2, 0.25) is 5.76 Å². The van der Waals surface area contributed by atoms with E-state index < -0.39 is 5.91 Å². The second-order valence-corrected chi connectivity index (χ2v) is 2.28. The lowest BCUT2D eigenvalue weighted by molar-refractivity contribution is 0.0974. The van der Waals surface area contributed by atoms with E-state index in [2.05, 4.69) is 20.6 Å². The smallest absolute Gasteiger partial charge is 0.285 e. The Balaban J connectivity index is 2.52. The van der Waals surface area contributed by atoms with Crippen molar-refractivity contribution < 1.29 is 9.21 Å². The first-order valence-corrected chi connectivity index (χ1v) is 3.40. The maximum Gasteiger partial charge on any atom is 0.285 e. The highest BCUT2D eigenvalue weighted by Gasteiger charge is 2.15. The molecule has 0 bridgehead atoms. The molecule has 0 saturated heterocycles. The first-order chi connectivity index (χ1) is 6.29. The maximum absolute atomic E-state index is 10.8. The number of hydrogen-bond acceptors (Lipinski definition) is 5. The van der Waals surface area contributed by atoms with E-state index in [0.29, 0.717) is 11.4 Å². The number of aromatic nitrogens is 4. The zero-order valence-corrected chi connectivity index (χ0v) is 6.39. The highest BCUT2D eigenvalue weighted by Crippen LogP contribution is 2.19. The standard InChI is InChI=1S/C6H5N5O2/c7-5(12)4-3(1-2-13-4)6-8-10-11-9-6/h1-2H,(H2,7,12)(H,8,9,10,11). The molecule has 0 spiro atoms.